The van der Waals surface area contributed by atoms with Crippen LogP contribution < -0.4 is 11.1 Å². The summed E-state index contributed by atoms with van der Waals surface area (Å²) in [5.74, 6) is -0.0672. The van der Waals surface area contributed by atoms with Gasteiger partial charge in [-0.15, -0.1) is 0 Å². The summed E-state index contributed by atoms with van der Waals surface area (Å²) < 4.78 is 0. The minimum absolute atomic E-state index is 0.0672. The van der Waals surface area contributed by atoms with E-state index in [4.69, 9.17) is 18.0 Å². The average molecular weight is 248 g/mol. The molecule has 3 nitrogen and oxygen atoms in total. The maximum absolute atomic E-state index is 12.2. The predicted octanol–water partition coefficient (Wildman–Crippen LogP) is 2.31. The van der Waals surface area contributed by atoms with E-state index >= 15 is 0 Å². The highest BCUT2D eigenvalue weighted by Crippen LogP contribution is 2.47. The number of hydrogen-bond donors (Lipinski definition) is 2. The number of nitrogens with two attached hydrogens (primary N) is 1. The molecule has 2 rings (SSSR count). The van der Waals surface area contributed by atoms with Crippen molar-refractivity contribution in [2.45, 2.75) is 26.7 Å². The van der Waals surface area contributed by atoms with Gasteiger partial charge >= 0.3 is 0 Å². The molecule has 90 valence electrons. The van der Waals surface area contributed by atoms with Gasteiger partial charge in [-0.3, -0.25) is 4.79 Å². The smallest absolute Gasteiger partial charge is 0.237 e. The Labute approximate surface area is 106 Å². The Morgan fingerprint density at radius 3 is 2.29 bits per heavy atom. The summed E-state index contributed by atoms with van der Waals surface area (Å²) in [5.41, 5.74) is 8.02. The van der Waals surface area contributed by atoms with Crippen LogP contribution in [0.5, 0.6) is 0 Å². The Morgan fingerprint density at radius 2 is 1.88 bits per heavy atom. The molecular weight excluding hydrogens is 232 g/mol. The highest BCUT2D eigenvalue weighted by molar-refractivity contribution is 7.80. The van der Waals surface area contributed by atoms with Crippen molar-refractivity contribution >= 4 is 28.8 Å². The van der Waals surface area contributed by atoms with Gasteiger partial charge in [-0.05, 0) is 37.8 Å². The number of nitrogens with one attached hydrogen (secondary N) is 1. The Bertz CT molecular complexity index is 472. The van der Waals surface area contributed by atoms with Gasteiger partial charge in [0.2, 0.25) is 5.91 Å². The van der Waals surface area contributed by atoms with E-state index in [0.29, 0.717) is 4.99 Å². The highest BCUT2D eigenvalue weighted by atomic mass is 32.1. The lowest BCUT2D eigenvalue weighted by atomic mass is 10.0. The second-order valence-corrected chi connectivity index (χ2v) is 5.11. The number of anilines is 1. The molecule has 1 aliphatic carbocycles. The predicted molar refractivity (Wildman–Crippen MR) is 73.0 cm³/mol. The second-order valence-electron chi connectivity index (χ2n) is 4.67. The van der Waals surface area contributed by atoms with Crippen molar-refractivity contribution in [1.82, 2.24) is 0 Å². The summed E-state index contributed by atoms with van der Waals surface area (Å²) >= 11 is 4.97. The van der Waals surface area contributed by atoms with Crippen LogP contribution >= 0.6 is 12.2 Å². The molecule has 1 aromatic carbocycles. The van der Waals surface area contributed by atoms with Gasteiger partial charge in [0.25, 0.3) is 0 Å². The first-order valence-electron chi connectivity index (χ1n) is 5.65. The zero-order chi connectivity index (χ0) is 12.6. The molecule has 0 spiro atoms. The fourth-order valence-electron chi connectivity index (χ4n) is 1.96. The highest BCUT2D eigenvalue weighted by Gasteiger charge is 2.52. The number of amides is 1. The van der Waals surface area contributed by atoms with E-state index in [1.165, 1.54) is 0 Å². The number of aryl methyl sites for hydroxylation is 2. The molecule has 0 heterocycles. The second kappa shape index (κ2) is 4.11. The Kier molecular flexibility index (Phi) is 2.91. The van der Waals surface area contributed by atoms with Crippen molar-refractivity contribution in [3.63, 3.8) is 0 Å². The quantitative estimate of drug-likeness (QED) is 0.807. The third kappa shape index (κ3) is 2.05. The van der Waals surface area contributed by atoms with E-state index in [1.54, 1.807) is 0 Å². The van der Waals surface area contributed by atoms with Crippen LogP contribution in [0.4, 0.5) is 5.69 Å². The number of carbonyl (C=O) groups is 1. The maximum atomic E-state index is 12.2. The van der Waals surface area contributed by atoms with E-state index in [2.05, 4.69) is 5.32 Å². The Morgan fingerprint density at radius 1 is 1.35 bits per heavy atom. The first-order valence-corrected chi connectivity index (χ1v) is 6.06. The molecule has 1 aromatic rings. The number of hydrogen-bond acceptors (Lipinski definition) is 2. The summed E-state index contributed by atoms with van der Waals surface area (Å²) in [4.78, 5) is 12.5. The lowest BCUT2D eigenvalue weighted by Crippen LogP contribution is -2.35. The number of thiocarbonyl (C=S) groups is 1. The van der Waals surface area contributed by atoms with Crippen LogP contribution in [0.2, 0.25) is 0 Å². The molecule has 1 saturated carbocycles. The lowest BCUT2D eigenvalue weighted by molar-refractivity contribution is -0.118. The average Bonchev–Trinajstić information content (AvgIpc) is 3.04. The Balaban J connectivity index is 2.23. The molecule has 0 bridgehead atoms. The topological polar surface area (TPSA) is 55.1 Å². The molecule has 0 aromatic heterocycles. The maximum Gasteiger partial charge on any atom is 0.237 e. The molecule has 0 unspecified atom stereocenters. The summed E-state index contributed by atoms with van der Waals surface area (Å²) in [6.07, 6.45) is 1.53. The van der Waals surface area contributed by atoms with E-state index < -0.39 is 5.41 Å². The summed E-state index contributed by atoms with van der Waals surface area (Å²) in [6.45, 7) is 3.95. The van der Waals surface area contributed by atoms with E-state index in [1.807, 2.05) is 32.0 Å². The molecule has 1 fully saturated rings. The van der Waals surface area contributed by atoms with Crippen LogP contribution in [0.1, 0.15) is 24.0 Å². The minimum atomic E-state index is -0.593. The molecule has 1 amide bonds. The van der Waals surface area contributed by atoms with Gasteiger partial charge in [0, 0.05) is 5.69 Å². The number of rotatable bonds is 3. The number of para-hydroxylation sites is 1. The zero-order valence-corrected chi connectivity index (χ0v) is 10.9. The molecule has 0 atom stereocenters. The van der Waals surface area contributed by atoms with Crippen LogP contribution in [0, 0.1) is 19.3 Å². The van der Waals surface area contributed by atoms with E-state index in [9.17, 15) is 4.79 Å². The van der Waals surface area contributed by atoms with E-state index in [0.717, 1.165) is 29.7 Å². The zero-order valence-electron chi connectivity index (χ0n) is 10.0. The van der Waals surface area contributed by atoms with Crippen molar-refractivity contribution in [2.75, 3.05) is 5.32 Å². The molecule has 4 heteroatoms. The molecular formula is C13H16N2OS. The third-order valence-corrected chi connectivity index (χ3v) is 3.77. The molecule has 17 heavy (non-hydrogen) atoms. The largest absolute Gasteiger partial charge is 0.392 e. The normalized spacial score (nSPS) is 16.4. The number of carbonyl (C=O) groups excluding carboxylic acids is 1. The monoisotopic (exact) mass is 248 g/mol. The van der Waals surface area contributed by atoms with Gasteiger partial charge < -0.3 is 11.1 Å². The Hall–Kier alpha value is -1.42. The summed E-state index contributed by atoms with van der Waals surface area (Å²) in [7, 11) is 0. The van der Waals surface area contributed by atoms with Crippen LogP contribution in [0.3, 0.4) is 0 Å². The first kappa shape index (κ1) is 12.0. The fraction of sp³-hybridized carbons (Fsp3) is 0.385. The SMILES string of the molecule is Cc1cccc(C)c1NC(=O)C1(C(N)=S)CC1. The fourth-order valence-corrected chi connectivity index (χ4v) is 2.25. The van der Waals surface area contributed by atoms with Crippen molar-refractivity contribution in [3.05, 3.63) is 29.3 Å². The van der Waals surface area contributed by atoms with Crippen molar-refractivity contribution in [1.29, 1.82) is 0 Å². The summed E-state index contributed by atoms with van der Waals surface area (Å²) in [6, 6.07) is 5.92. The molecule has 0 aliphatic heterocycles. The minimum Gasteiger partial charge on any atom is -0.392 e. The van der Waals surface area contributed by atoms with Crippen LogP contribution in [0.25, 0.3) is 0 Å². The standard InChI is InChI=1S/C13H16N2OS/c1-8-4-3-5-9(2)10(8)15-12(16)13(6-7-13)11(14)17/h3-5H,6-7H2,1-2H3,(H2,14,17)(H,15,16). The van der Waals surface area contributed by atoms with Crippen LogP contribution in [0.15, 0.2) is 18.2 Å². The van der Waals surface area contributed by atoms with Crippen molar-refractivity contribution in [2.24, 2.45) is 11.1 Å². The van der Waals surface area contributed by atoms with Crippen molar-refractivity contribution < 1.29 is 4.79 Å². The molecule has 0 saturated heterocycles. The van der Waals surface area contributed by atoms with Crippen LogP contribution in [-0.2, 0) is 4.79 Å². The molecule has 1 aliphatic rings. The van der Waals surface area contributed by atoms with Gasteiger partial charge in [0.05, 0.1) is 10.4 Å². The van der Waals surface area contributed by atoms with Gasteiger partial charge in [-0.2, -0.15) is 0 Å². The van der Waals surface area contributed by atoms with E-state index in [-0.39, 0.29) is 5.91 Å². The summed E-state index contributed by atoms with van der Waals surface area (Å²) in [5, 5.41) is 2.96. The lowest BCUT2D eigenvalue weighted by Gasteiger charge is -2.16. The van der Waals surface area contributed by atoms with Crippen LogP contribution in [-0.4, -0.2) is 10.9 Å². The first-order chi connectivity index (χ1) is 7.97. The van der Waals surface area contributed by atoms with Gasteiger partial charge in [-0.1, -0.05) is 30.4 Å². The number of benzene rings is 1. The third-order valence-electron chi connectivity index (χ3n) is 3.38. The van der Waals surface area contributed by atoms with Gasteiger partial charge in [-0.25, -0.2) is 0 Å². The van der Waals surface area contributed by atoms with Gasteiger partial charge in [0.15, 0.2) is 0 Å². The van der Waals surface area contributed by atoms with Crippen molar-refractivity contribution in [3.8, 4) is 0 Å². The molecule has 0 radical (unpaired) electrons. The molecule has 3 N–H and O–H groups in total. The van der Waals surface area contributed by atoms with Gasteiger partial charge in [0.1, 0.15) is 0 Å².